The number of nitrogens with zero attached hydrogens (tertiary/aromatic N) is 1. The Morgan fingerprint density at radius 1 is 1.47 bits per heavy atom. The third-order valence-corrected chi connectivity index (χ3v) is 4.49. The maximum absolute atomic E-state index is 4.90. The quantitative estimate of drug-likeness (QED) is 0.869. The fourth-order valence-corrected chi connectivity index (χ4v) is 3.92. The van der Waals surface area contributed by atoms with Crippen LogP contribution in [0.25, 0.3) is 0 Å². The van der Waals surface area contributed by atoms with Gasteiger partial charge in [0.15, 0.2) is 0 Å². The minimum absolute atomic E-state index is 0.663. The van der Waals surface area contributed by atoms with Gasteiger partial charge < -0.3 is 5.32 Å². The number of aryl methyl sites for hydroxylation is 1. The second-order valence-electron chi connectivity index (χ2n) is 5.41. The maximum Gasteiger partial charge on any atom is 0.0933 e. The van der Waals surface area contributed by atoms with Gasteiger partial charge in [0.05, 0.1) is 10.7 Å². The number of rotatable bonds is 5. The van der Waals surface area contributed by atoms with Gasteiger partial charge in [0.2, 0.25) is 0 Å². The van der Waals surface area contributed by atoms with E-state index >= 15 is 0 Å². The van der Waals surface area contributed by atoms with E-state index in [9.17, 15) is 0 Å². The molecular formula is C14H24N2S. The van der Waals surface area contributed by atoms with Gasteiger partial charge in [0.25, 0.3) is 0 Å². The molecule has 0 radical (unpaired) electrons. The number of fused-ring (bicyclic) bond motifs is 1. The highest BCUT2D eigenvalue weighted by Crippen LogP contribution is 2.35. The monoisotopic (exact) mass is 252 g/mol. The van der Waals surface area contributed by atoms with Crippen LogP contribution < -0.4 is 5.32 Å². The van der Waals surface area contributed by atoms with Crippen molar-refractivity contribution >= 4 is 11.3 Å². The first-order valence-corrected chi connectivity index (χ1v) is 7.71. The molecule has 0 fully saturated rings. The van der Waals surface area contributed by atoms with E-state index in [4.69, 9.17) is 4.98 Å². The fourth-order valence-electron chi connectivity index (χ4n) is 2.51. The molecule has 1 N–H and O–H groups in total. The zero-order valence-electron chi connectivity index (χ0n) is 11.3. The summed E-state index contributed by atoms with van der Waals surface area (Å²) in [5.41, 5.74) is 1.41. The average molecular weight is 252 g/mol. The van der Waals surface area contributed by atoms with Gasteiger partial charge in [0.1, 0.15) is 0 Å². The summed E-state index contributed by atoms with van der Waals surface area (Å²) in [5.74, 6) is 1.38. The molecule has 3 heteroatoms. The number of hydrogen-bond donors (Lipinski definition) is 1. The number of likely N-dealkylation sites (N-methyl/N-ethyl adjacent to an activating group) is 1. The summed E-state index contributed by atoms with van der Waals surface area (Å²) in [4.78, 5) is 6.47. The molecule has 1 heterocycles. The van der Waals surface area contributed by atoms with Gasteiger partial charge in [-0.2, -0.15) is 0 Å². The summed E-state index contributed by atoms with van der Waals surface area (Å²) in [6, 6.07) is 0. The molecule has 0 spiro atoms. The van der Waals surface area contributed by atoms with Gasteiger partial charge in [0, 0.05) is 23.8 Å². The highest BCUT2D eigenvalue weighted by Gasteiger charge is 2.24. The molecule has 0 aromatic carbocycles. The predicted octanol–water partition coefficient (Wildman–Crippen LogP) is 3.37. The third-order valence-electron chi connectivity index (χ3n) is 3.34. The zero-order chi connectivity index (χ0) is 12.3. The molecular weight excluding hydrogens is 228 g/mol. The SMILES string of the molecule is CCNCC1CCCc2sc(CC(C)C)nc21. The first-order chi connectivity index (χ1) is 8.20. The lowest BCUT2D eigenvalue weighted by atomic mass is 9.91. The van der Waals surface area contributed by atoms with Gasteiger partial charge >= 0.3 is 0 Å². The van der Waals surface area contributed by atoms with E-state index in [1.807, 2.05) is 11.3 Å². The van der Waals surface area contributed by atoms with Crippen LogP contribution >= 0.6 is 11.3 Å². The number of aromatic nitrogens is 1. The molecule has 2 rings (SSSR count). The molecule has 0 saturated heterocycles. The van der Waals surface area contributed by atoms with Crippen molar-refractivity contribution < 1.29 is 0 Å². The fraction of sp³-hybridized carbons (Fsp3) is 0.786. The molecule has 1 aliphatic rings. The van der Waals surface area contributed by atoms with E-state index in [0.717, 1.165) is 25.4 Å². The second-order valence-corrected chi connectivity index (χ2v) is 6.58. The van der Waals surface area contributed by atoms with Crippen LogP contribution in [0.3, 0.4) is 0 Å². The van der Waals surface area contributed by atoms with Crippen LogP contribution in [-0.2, 0) is 12.8 Å². The summed E-state index contributed by atoms with van der Waals surface area (Å²) >= 11 is 1.96. The molecule has 17 heavy (non-hydrogen) atoms. The van der Waals surface area contributed by atoms with Gasteiger partial charge in [-0.15, -0.1) is 11.3 Å². The summed E-state index contributed by atoms with van der Waals surface area (Å²) < 4.78 is 0. The average Bonchev–Trinajstić information content (AvgIpc) is 2.67. The van der Waals surface area contributed by atoms with E-state index < -0.39 is 0 Å². The van der Waals surface area contributed by atoms with Gasteiger partial charge in [-0.3, -0.25) is 0 Å². The van der Waals surface area contributed by atoms with Crippen molar-refractivity contribution in [3.63, 3.8) is 0 Å². The second kappa shape index (κ2) is 5.96. The summed E-state index contributed by atoms with van der Waals surface area (Å²) in [7, 11) is 0. The van der Waals surface area contributed by atoms with Crippen LogP contribution in [0.5, 0.6) is 0 Å². The van der Waals surface area contributed by atoms with Crippen LogP contribution in [-0.4, -0.2) is 18.1 Å². The lowest BCUT2D eigenvalue weighted by Crippen LogP contribution is -2.24. The molecule has 0 saturated carbocycles. The normalized spacial score (nSPS) is 19.6. The van der Waals surface area contributed by atoms with E-state index in [1.165, 1.54) is 30.0 Å². The van der Waals surface area contributed by atoms with Crippen LogP contribution in [0.2, 0.25) is 0 Å². The largest absolute Gasteiger partial charge is 0.316 e. The molecule has 0 aliphatic heterocycles. The molecule has 0 bridgehead atoms. The Morgan fingerprint density at radius 2 is 2.29 bits per heavy atom. The standard InChI is InChI=1S/C14H24N2S/c1-4-15-9-11-6-5-7-12-14(11)16-13(17-12)8-10(2)3/h10-11,15H,4-9H2,1-3H3. The molecule has 1 aromatic heterocycles. The van der Waals surface area contributed by atoms with Gasteiger partial charge in [-0.25, -0.2) is 4.98 Å². The molecule has 1 aromatic rings. The Bertz CT molecular complexity index is 357. The van der Waals surface area contributed by atoms with E-state index in [0.29, 0.717) is 5.92 Å². The zero-order valence-corrected chi connectivity index (χ0v) is 12.1. The molecule has 1 atom stereocenters. The first kappa shape index (κ1) is 13.0. The van der Waals surface area contributed by atoms with E-state index in [-0.39, 0.29) is 0 Å². The number of thiazole rings is 1. The summed E-state index contributed by atoms with van der Waals surface area (Å²) in [5, 5.41) is 4.83. The highest BCUT2D eigenvalue weighted by molar-refractivity contribution is 7.11. The number of nitrogens with one attached hydrogen (secondary N) is 1. The Labute approximate surface area is 109 Å². The molecule has 1 unspecified atom stereocenters. The van der Waals surface area contributed by atoms with Crippen molar-refractivity contribution in [3.8, 4) is 0 Å². The lowest BCUT2D eigenvalue weighted by molar-refractivity contribution is 0.507. The van der Waals surface area contributed by atoms with Crippen molar-refractivity contribution in [1.82, 2.24) is 10.3 Å². The van der Waals surface area contributed by atoms with Gasteiger partial charge in [-0.05, 0) is 31.7 Å². The minimum atomic E-state index is 0.663. The Morgan fingerprint density at radius 3 is 3.00 bits per heavy atom. The van der Waals surface area contributed by atoms with Crippen molar-refractivity contribution in [3.05, 3.63) is 15.6 Å². The van der Waals surface area contributed by atoms with E-state index in [2.05, 4.69) is 26.1 Å². The van der Waals surface area contributed by atoms with Crippen LogP contribution in [0.15, 0.2) is 0 Å². The minimum Gasteiger partial charge on any atom is -0.316 e. The first-order valence-electron chi connectivity index (χ1n) is 6.89. The Balaban J connectivity index is 2.10. The summed E-state index contributed by atoms with van der Waals surface area (Å²) in [6.45, 7) is 8.89. The van der Waals surface area contributed by atoms with Crippen molar-refractivity contribution in [2.24, 2.45) is 5.92 Å². The topological polar surface area (TPSA) is 24.9 Å². The molecule has 0 amide bonds. The number of hydrogen-bond acceptors (Lipinski definition) is 3. The Hall–Kier alpha value is -0.410. The van der Waals surface area contributed by atoms with Crippen molar-refractivity contribution in [2.75, 3.05) is 13.1 Å². The van der Waals surface area contributed by atoms with Crippen LogP contribution in [0.4, 0.5) is 0 Å². The lowest BCUT2D eigenvalue weighted by Gasteiger charge is -2.21. The van der Waals surface area contributed by atoms with Gasteiger partial charge in [-0.1, -0.05) is 20.8 Å². The molecule has 1 aliphatic carbocycles. The predicted molar refractivity (Wildman–Crippen MR) is 74.9 cm³/mol. The maximum atomic E-state index is 4.90. The molecule has 96 valence electrons. The van der Waals surface area contributed by atoms with Crippen LogP contribution in [0, 0.1) is 5.92 Å². The van der Waals surface area contributed by atoms with Crippen LogP contribution in [0.1, 0.15) is 55.1 Å². The van der Waals surface area contributed by atoms with Crippen molar-refractivity contribution in [1.29, 1.82) is 0 Å². The van der Waals surface area contributed by atoms with E-state index in [1.54, 1.807) is 4.88 Å². The Kier molecular flexibility index (Phi) is 4.57. The molecule has 2 nitrogen and oxygen atoms in total. The smallest absolute Gasteiger partial charge is 0.0933 e. The van der Waals surface area contributed by atoms with Crippen molar-refractivity contribution in [2.45, 2.75) is 52.4 Å². The summed E-state index contributed by atoms with van der Waals surface area (Å²) in [6.07, 6.45) is 5.05. The highest BCUT2D eigenvalue weighted by atomic mass is 32.1. The third kappa shape index (κ3) is 3.29.